The molecule has 0 aromatic carbocycles. The summed E-state index contributed by atoms with van der Waals surface area (Å²) in [6.07, 6.45) is 7.71. The van der Waals surface area contributed by atoms with E-state index in [1.807, 2.05) is 6.08 Å². The van der Waals surface area contributed by atoms with Crippen LogP contribution in [-0.4, -0.2) is 18.3 Å². The van der Waals surface area contributed by atoms with Crippen LogP contribution in [0.1, 0.15) is 25.7 Å². The second-order valence-electron chi connectivity index (χ2n) is 2.43. The van der Waals surface area contributed by atoms with Crippen LogP contribution in [-0.2, 0) is 0 Å². The highest BCUT2D eigenvalue weighted by molar-refractivity contribution is 4.81. The lowest BCUT2D eigenvalue weighted by Gasteiger charge is -1.89. The van der Waals surface area contributed by atoms with Gasteiger partial charge in [0, 0.05) is 18.1 Å². The first-order chi connectivity index (χ1) is 5.91. The summed E-state index contributed by atoms with van der Waals surface area (Å²) in [5.41, 5.74) is 7.95. The normalized spacial score (nSPS) is 10.1. The standard InChI is InChI=1S/C8H15N3O/c9-11-10-7-5-3-1-2-4-6-8-12/h1-2,12H,3-8H2/b2-1-. The van der Waals surface area contributed by atoms with Gasteiger partial charge >= 0.3 is 0 Å². The molecule has 1 N–H and O–H groups in total. The van der Waals surface area contributed by atoms with E-state index in [4.69, 9.17) is 10.6 Å². The van der Waals surface area contributed by atoms with Gasteiger partial charge < -0.3 is 5.11 Å². The number of aliphatic hydroxyl groups is 1. The number of nitrogens with zero attached hydrogens (tertiary/aromatic N) is 3. The first-order valence-electron chi connectivity index (χ1n) is 4.18. The quantitative estimate of drug-likeness (QED) is 0.205. The van der Waals surface area contributed by atoms with Crippen LogP contribution in [0.15, 0.2) is 17.3 Å². The minimum atomic E-state index is 0.253. The van der Waals surface area contributed by atoms with Crippen LogP contribution in [0.3, 0.4) is 0 Å². The van der Waals surface area contributed by atoms with Crippen molar-refractivity contribution in [1.29, 1.82) is 0 Å². The van der Waals surface area contributed by atoms with Gasteiger partial charge in [-0.05, 0) is 31.2 Å². The van der Waals surface area contributed by atoms with Gasteiger partial charge in [-0.25, -0.2) is 0 Å². The minimum Gasteiger partial charge on any atom is -0.396 e. The van der Waals surface area contributed by atoms with Crippen LogP contribution in [0.4, 0.5) is 0 Å². The molecule has 0 aromatic heterocycles. The minimum absolute atomic E-state index is 0.253. The van der Waals surface area contributed by atoms with Crippen molar-refractivity contribution in [3.05, 3.63) is 22.6 Å². The molecule has 0 aliphatic carbocycles. The van der Waals surface area contributed by atoms with Crippen LogP contribution >= 0.6 is 0 Å². The van der Waals surface area contributed by atoms with Crippen molar-refractivity contribution in [3.8, 4) is 0 Å². The van der Waals surface area contributed by atoms with Gasteiger partial charge in [0.15, 0.2) is 0 Å². The molecule has 0 aliphatic rings. The van der Waals surface area contributed by atoms with Gasteiger partial charge in [-0.2, -0.15) is 0 Å². The number of aliphatic hydroxyl groups excluding tert-OH is 1. The maximum Gasteiger partial charge on any atom is 0.0433 e. The lowest BCUT2D eigenvalue weighted by Crippen LogP contribution is -1.79. The fourth-order valence-corrected chi connectivity index (χ4v) is 0.769. The summed E-state index contributed by atoms with van der Waals surface area (Å²) < 4.78 is 0. The van der Waals surface area contributed by atoms with Crippen molar-refractivity contribution in [3.63, 3.8) is 0 Å². The Morgan fingerprint density at radius 1 is 1.25 bits per heavy atom. The molecule has 68 valence electrons. The molecule has 0 spiro atoms. The molecule has 0 amide bonds. The number of hydrogen-bond donors (Lipinski definition) is 1. The van der Waals surface area contributed by atoms with E-state index in [0.717, 1.165) is 25.7 Å². The molecule has 0 aliphatic heterocycles. The zero-order valence-electron chi connectivity index (χ0n) is 7.19. The number of unbranched alkanes of at least 4 members (excludes halogenated alkanes) is 2. The maximum absolute atomic E-state index is 8.45. The zero-order chi connectivity index (χ0) is 9.07. The Morgan fingerprint density at radius 2 is 1.92 bits per heavy atom. The number of allylic oxidation sites excluding steroid dienone is 2. The Morgan fingerprint density at radius 3 is 2.50 bits per heavy atom. The van der Waals surface area contributed by atoms with Gasteiger partial charge in [-0.1, -0.05) is 17.3 Å². The van der Waals surface area contributed by atoms with E-state index in [0.29, 0.717) is 6.54 Å². The van der Waals surface area contributed by atoms with E-state index in [-0.39, 0.29) is 6.61 Å². The second-order valence-corrected chi connectivity index (χ2v) is 2.43. The molecular formula is C8H15N3O. The highest BCUT2D eigenvalue weighted by Crippen LogP contribution is 1.95. The monoisotopic (exact) mass is 169 g/mol. The topological polar surface area (TPSA) is 69.0 Å². The van der Waals surface area contributed by atoms with Gasteiger partial charge in [0.05, 0.1) is 0 Å². The molecule has 0 bridgehead atoms. The van der Waals surface area contributed by atoms with Gasteiger partial charge in [0.25, 0.3) is 0 Å². The molecule has 0 unspecified atom stereocenters. The summed E-state index contributed by atoms with van der Waals surface area (Å²) in [5, 5.41) is 11.9. The number of rotatable bonds is 7. The fourth-order valence-electron chi connectivity index (χ4n) is 0.769. The smallest absolute Gasteiger partial charge is 0.0433 e. The lowest BCUT2D eigenvalue weighted by molar-refractivity contribution is 0.289. The molecule has 0 aromatic rings. The van der Waals surface area contributed by atoms with Crippen LogP contribution in [0.25, 0.3) is 10.4 Å². The van der Waals surface area contributed by atoms with Gasteiger partial charge in [0.1, 0.15) is 0 Å². The number of hydrogen-bond acceptors (Lipinski definition) is 2. The van der Waals surface area contributed by atoms with Gasteiger partial charge in [-0.15, -0.1) is 0 Å². The third-order valence-corrected chi connectivity index (χ3v) is 1.39. The van der Waals surface area contributed by atoms with Crippen molar-refractivity contribution in [2.75, 3.05) is 13.2 Å². The molecule has 0 saturated carbocycles. The second kappa shape index (κ2) is 10.0. The van der Waals surface area contributed by atoms with Gasteiger partial charge in [0.2, 0.25) is 0 Å². The van der Waals surface area contributed by atoms with Crippen LogP contribution < -0.4 is 0 Å². The summed E-state index contributed by atoms with van der Waals surface area (Å²) in [7, 11) is 0. The van der Waals surface area contributed by atoms with Crippen molar-refractivity contribution in [2.45, 2.75) is 25.7 Å². The Bertz CT molecular complexity index is 162. The first-order valence-corrected chi connectivity index (χ1v) is 4.18. The van der Waals surface area contributed by atoms with E-state index >= 15 is 0 Å². The average Bonchev–Trinajstić information content (AvgIpc) is 2.10. The third-order valence-electron chi connectivity index (χ3n) is 1.39. The molecule has 4 nitrogen and oxygen atoms in total. The molecule has 0 radical (unpaired) electrons. The van der Waals surface area contributed by atoms with Crippen molar-refractivity contribution >= 4 is 0 Å². The fraction of sp³-hybridized carbons (Fsp3) is 0.750. The molecule has 0 fully saturated rings. The zero-order valence-corrected chi connectivity index (χ0v) is 7.19. The van der Waals surface area contributed by atoms with E-state index in [1.165, 1.54) is 0 Å². The third kappa shape index (κ3) is 9.01. The van der Waals surface area contributed by atoms with Crippen LogP contribution in [0, 0.1) is 0 Å². The summed E-state index contributed by atoms with van der Waals surface area (Å²) in [6, 6.07) is 0. The van der Waals surface area contributed by atoms with E-state index in [9.17, 15) is 0 Å². The summed E-state index contributed by atoms with van der Waals surface area (Å²) in [4.78, 5) is 2.65. The highest BCUT2D eigenvalue weighted by atomic mass is 16.2. The van der Waals surface area contributed by atoms with Crippen molar-refractivity contribution in [1.82, 2.24) is 0 Å². The van der Waals surface area contributed by atoms with Crippen LogP contribution in [0.5, 0.6) is 0 Å². The Hall–Kier alpha value is -0.990. The Balaban J connectivity index is 3.07. The van der Waals surface area contributed by atoms with E-state index < -0.39 is 0 Å². The van der Waals surface area contributed by atoms with Crippen molar-refractivity contribution in [2.24, 2.45) is 5.11 Å². The van der Waals surface area contributed by atoms with Crippen molar-refractivity contribution < 1.29 is 5.11 Å². The first kappa shape index (κ1) is 11.0. The average molecular weight is 169 g/mol. The van der Waals surface area contributed by atoms with Gasteiger partial charge in [-0.3, -0.25) is 0 Å². The molecule has 12 heavy (non-hydrogen) atoms. The largest absolute Gasteiger partial charge is 0.396 e. The Labute approximate surface area is 72.5 Å². The molecule has 0 rings (SSSR count). The highest BCUT2D eigenvalue weighted by Gasteiger charge is 1.81. The molecule has 0 saturated heterocycles. The Kier molecular flexibility index (Phi) is 9.18. The summed E-state index contributed by atoms with van der Waals surface area (Å²) in [6.45, 7) is 0.823. The molecular weight excluding hydrogens is 154 g/mol. The number of azide groups is 1. The predicted octanol–water partition coefficient (Wildman–Crippen LogP) is 2.41. The molecule has 0 atom stereocenters. The van der Waals surface area contributed by atoms with E-state index in [2.05, 4.69) is 16.1 Å². The SMILES string of the molecule is [N-]=[N+]=NCCC/C=C\CCCO. The maximum atomic E-state index is 8.45. The predicted molar refractivity (Wildman–Crippen MR) is 48.7 cm³/mol. The summed E-state index contributed by atoms with van der Waals surface area (Å²) in [5.74, 6) is 0. The molecule has 0 heterocycles. The lowest BCUT2D eigenvalue weighted by atomic mass is 10.2. The summed E-state index contributed by atoms with van der Waals surface area (Å²) >= 11 is 0. The van der Waals surface area contributed by atoms with E-state index in [1.54, 1.807) is 0 Å². The molecule has 4 heteroatoms. The van der Waals surface area contributed by atoms with Crippen LogP contribution in [0.2, 0.25) is 0 Å².